The zero-order valence-electron chi connectivity index (χ0n) is 35.5. The lowest BCUT2D eigenvalue weighted by atomic mass is 9.85. The number of hydrogen-bond donors (Lipinski definition) is 0. The number of benzene rings is 10. The summed E-state index contributed by atoms with van der Waals surface area (Å²) in [5.41, 5.74) is 9.99. The highest BCUT2D eigenvalue weighted by atomic mass is 14.2. The van der Waals surface area contributed by atoms with Crippen molar-refractivity contribution in [2.45, 2.75) is 55.4 Å². The van der Waals surface area contributed by atoms with Crippen molar-refractivity contribution in [3.8, 4) is 44.5 Å². The Morgan fingerprint density at radius 2 is 0.603 bits per heavy atom. The second-order valence-electron chi connectivity index (χ2n) is 13.2. The van der Waals surface area contributed by atoms with Crippen molar-refractivity contribution in [1.29, 1.82) is 0 Å². The van der Waals surface area contributed by atoms with Crippen molar-refractivity contribution in [3.63, 3.8) is 0 Å². The quantitative estimate of drug-likeness (QED) is 0.124. The van der Waals surface area contributed by atoms with E-state index in [0.717, 1.165) is 0 Å². The first-order valence-electron chi connectivity index (χ1n) is 21.4. The van der Waals surface area contributed by atoms with Crippen LogP contribution < -0.4 is 0 Å². The van der Waals surface area contributed by atoms with Gasteiger partial charge in [-0.05, 0) is 111 Å². The second-order valence-corrected chi connectivity index (χ2v) is 13.2. The third-order valence-electron chi connectivity index (χ3n) is 10.4. The Labute approximate surface area is 346 Å². The molecular formula is C58H56. The summed E-state index contributed by atoms with van der Waals surface area (Å²) in [6, 6.07) is 71.3. The first-order valence-corrected chi connectivity index (χ1v) is 21.4. The smallest absolute Gasteiger partial charge is 0.00262 e. The normalized spacial score (nSPS) is 10.4. The average molecular weight is 753 g/mol. The van der Waals surface area contributed by atoms with Gasteiger partial charge < -0.3 is 0 Å². The zero-order chi connectivity index (χ0) is 41.0. The highest BCUT2D eigenvalue weighted by Gasteiger charge is 2.18. The molecule has 10 aromatic carbocycles. The zero-order valence-corrected chi connectivity index (χ0v) is 35.5. The van der Waals surface area contributed by atoms with Crippen LogP contribution in [0.2, 0.25) is 0 Å². The largest absolute Gasteiger partial charge is 0.0683 e. The molecule has 0 aliphatic heterocycles. The van der Waals surface area contributed by atoms with Gasteiger partial charge in [0.2, 0.25) is 0 Å². The van der Waals surface area contributed by atoms with E-state index in [1.165, 1.54) is 98.4 Å². The molecule has 0 heterocycles. The second kappa shape index (κ2) is 19.6. The molecule has 0 saturated carbocycles. The minimum atomic E-state index is 1.22. The van der Waals surface area contributed by atoms with Gasteiger partial charge in [-0.15, -0.1) is 0 Å². The van der Waals surface area contributed by atoms with Gasteiger partial charge in [0, 0.05) is 0 Å². The van der Waals surface area contributed by atoms with Gasteiger partial charge >= 0.3 is 0 Å². The molecule has 0 amide bonds. The molecule has 0 fully saturated rings. The Morgan fingerprint density at radius 3 is 1.19 bits per heavy atom. The van der Waals surface area contributed by atoms with Gasteiger partial charge in [0.1, 0.15) is 0 Å². The summed E-state index contributed by atoms with van der Waals surface area (Å²) < 4.78 is 0. The van der Waals surface area contributed by atoms with Gasteiger partial charge in [0.25, 0.3) is 0 Å². The highest BCUT2D eigenvalue weighted by molar-refractivity contribution is 6.22. The van der Waals surface area contributed by atoms with Gasteiger partial charge in [-0.3, -0.25) is 0 Å². The van der Waals surface area contributed by atoms with Crippen molar-refractivity contribution in [3.05, 3.63) is 194 Å². The first kappa shape index (κ1) is 41.1. The van der Waals surface area contributed by atoms with Crippen LogP contribution in [-0.4, -0.2) is 0 Å². The molecule has 10 rings (SSSR count). The van der Waals surface area contributed by atoms with Crippen LogP contribution in [0.5, 0.6) is 0 Å². The molecule has 288 valence electrons. The minimum absolute atomic E-state index is 1.22. The van der Waals surface area contributed by atoms with Crippen LogP contribution in [0.15, 0.2) is 194 Å². The molecule has 0 nitrogen and oxygen atoms in total. The fourth-order valence-corrected chi connectivity index (χ4v) is 8.18. The topological polar surface area (TPSA) is 0 Å². The lowest BCUT2D eigenvalue weighted by Gasteiger charge is -2.19. The molecule has 0 heteroatoms. The Kier molecular flexibility index (Phi) is 13.9. The van der Waals surface area contributed by atoms with Gasteiger partial charge in [-0.2, -0.15) is 0 Å². The maximum atomic E-state index is 2.37. The van der Waals surface area contributed by atoms with E-state index in [0.29, 0.717) is 0 Å². The Hall–Kier alpha value is -6.50. The molecule has 0 saturated heterocycles. The third-order valence-corrected chi connectivity index (χ3v) is 10.4. The molecule has 0 bridgehead atoms. The van der Waals surface area contributed by atoms with Crippen LogP contribution >= 0.6 is 0 Å². The van der Waals surface area contributed by atoms with Gasteiger partial charge in [-0.25, -0.2) is 0 Å². The van der Waals surface area contributed by atoms with E-state index in [-0.39, 0.29) is 0 Å². The monoisotopic (exact) mass is 752 g/mol. The molecular weight excluding hydrogens is 697 g/mol. The molecule has 0 radical (unpaired) electrons. The third kappa shape index (κ3) is 7.76. The lowest BCUT2D eigenvalue weighted by molar-refractivity contribution is 1.50. The van der Waals surface area contributed by atoms with Crippen LogP contribution in [0.3, 0.4) is 0 Å². The van der Waals surface area contributed by atoms with E-state index in [2.05, 4.69) is 194 Å². The molecule has 10 aromatic rings. The summed E-state index contributed by atoms with van der Waals surface area (Å²) in [6.45, 7) is 16.0. The molecule has 0 unspecified atom stereocenters. The molecule has 0 aliphatic carbocycles. The number of fused-ring (bicyclic) bond motifs is 6. The summed E-state index contributed by atoms with van der Waals surface area (Å²) in [5, 5.41) is 12.7. The van der Waals surface area contributed by atoms with Crippen LogP contribution in [0.4, 0.5) is 0 Å². The molecule has 0 atom stereocenters. The molecule has 0 aromatic heterocycles. The maximum absolute atomic E-state index is 2.37. The Bertz CT molecular complexity index is 2850. The number of hydrogen-bond acceptors (Lipinski definition) is 0. The predicted octanol–water partition coefficient (Wildman–Crippen LogP) is 18.2. The minimum Gasteiger partial charge on any atom is -0.0683 e. The lowest BCUT2D eigenvalue weighted by Crippen LogP contribution is -1.91. The number of rotatable bonds is 4. The summed E-state index contributed by atoms with van der Waals surface area (Å²) in [4.78, 5) is 0. The fraction of sp³-hybridized carbons (Fsp3) is 0.138. The van der Waals surface area contributed by atoms with Crippen LogP contribution in [0, 0.1) is 0 Å². The summed E-state index contributed by atoms with van der Waals surface area (Å²) >= 11 is 0. The van der Waals surface area contributed by atoms with E-state index in [1.807, 2.05) is 55.4 Å². The van der Waals surface area contributed by atoms with Crippen molar-refractivity contribution in [1.82, 2.24) is 0 Å². The van der Waals surface area contributed by atoms with Crippen molar-refractivity contribution < 1.29 is 0 Å². The van der Waals surface area contributed by atoms with E-state index in [1.54, 1.807) is 0 Å². The first-order chi connectivity index (χ1) is 28.8. The molecule has 0 spiro atoms. The van der Waals surface area contributed by atoms with E-state index >= 15 is 0 Å². The van der Waals surface area contributed by atoms with E-state index < -0.39 is 0 Å². The summed E-state index contributed by atoms with van der Waals surface area (Å²) in [7, 11) is 0. The Balaban J connectivity index is 0.000000670. The fourth-order valence-electron chi connectivity index (χ4n) is 8.18. The molecule has 0 N–H and O–H groups in total. The van der Waals surface area contributed by atoms with Crippen molar-refractivity contribution in [2.24, 2.45) is 0 Å². The van der Waals surface area contributed by atoms with E-state index in [4.69, 9.17) is 0 Å². The summed E-state index contributed by atoms with van der Waals surface area (Å²) in [6.07, 6.45) is 0. The van der Waals surface area contributed by atoms with Gasteiger partial charge in [-0.1, -0.05) is 237 Å². The summed E-state index contributed by atoms with van der Waals surface area (Å²) in [5.74, 6) is 0. The van der Waals surface area contributed by atoms with Crippen LogP contribution in [-0.2, 0) is 0 Å². The van der Waals surface area contributed by atoms with Crippen molar-refractivity contribution in [2.75, 3.05) is 0 Å². The molecule has 0 aliphatic rings. The van der Waals surface area contributed by atoms with Crippen LogP contribution in [0.25, 0.3) is 98.4 Å². The molecule has 58 heavy (non-hydrogen) atoms. The maximum Gasteiger partial charge on any atom is -0.00262 e. The van der Waals surface area contributed by atoms with Gasteiger partial charge in [0.15, 0.2) is 0 Å². The Morgan fingerprint density at radius 1 is 0.207 bits per heavy atom. The van der Waals surface area contributed by atoms with Gasteiger partial charge in [0.05, 0.1) is 0 Å². The van der Waals surface area contributed by atoms with Crippen molar-refractivity contribution >= 4 is 53.9 Å². The predicted molar refractivity (Wildman–Crippen MR) is 261 cm³/mol. The van der Waals surface area contributed by atoms with Crippen LogP contribution in [0.1, 0.15) is 55.4 Å². The SMILES string of the molecule is CC.CC.CC.CC.c1cc(-c2cccc3ccccc23)cc(-c2c3ccccc3c(-c3ccc(-c4cc5ccccc5c5ccccc45)cc3)c3ccccc23)c1. The average Bonchev–Trinajstić information content (AvgIpc) is 3.33. The highest BCUT2D eigenvalue weighted by Crippen LogP contribution is 2.45. The van der Waals surface area contributed by atoms with E-state index in [9.17, 15) is 0 Å². The standard InChI is InChI=1S/C50H32.4C2H6/c1-3-18-39-33(13-1)15-12-26-40(39)36-16-11-17-38(31-36)50-46-24-9-7-22-44(46)49(45-23-8-10-25-47(45)50)35-29-27-34(28-30-35)48-32-37-14-2-4-19-41(37)42-20-5-6-21-43(42)48;4*1-2/h1-32H;4*1-2H3.